The zero-order valence-electron chi connectivity index (χ0n) is 17.3. The lowest BCUT2D eigenvalue weighted by molar-refractivity contribution is 0.372. The zero-order chi connectivity index (χ0) is 22.0. The van der Waals surface area contributed by atoms with E-state index < -0.39 is 11.6 Å². The third kappa shape index (κ3) is 4.15. The summed E-state index contributed by atoms with van der Waals surface area (Å²) in [4.78, 5) is 0. The summed E-state index contributed by atoms with van der Waals surface area (Å²) >= 11 is 0. The van der Waals surface area contributed by atoms with Gasteiger partial charge >= 0.3 is 0 Å². The number of methoxy groups -OCH3 is 1. The molecule has 3 aromatic carbocycles. The summed E-state index contributed by atoms with van der Waals surface area (Å²) in [5.74, 6) is -1.95. The van der Waals surface area contributed by atoms with Gasteiger partial charge < -0.3 is 4.74 Å². The summed E-state index contributed by atoms with van der Waals surface area (Å²) < 4.78 is 48.1. The molecule has 1 aliphatic rings. The highest BCUT2D eigenvalue weighted by molar-refractivity contribution is 5.74. The smallest absolute Gasteiger partial charge is 0.201 e. The molecular formula is C27H23F3O. The molecule has 0 saturated carbocycles. The Hall–Kier alpha value is -3.27. The molecule has 1 aliphatic carbocycles. The van der Waals surface area contributed by atoms with Crippen LogP contribution in [-0.4, -0.2) is 7.11 Å². The summed E-state index contributed by atoms with van der Waals surface area (Å²) in [6.07, 6.45) is 7.03. The second-order valence-corrected chi connectivity index (χ2v) is 7.71. The molecule has 0 saturated heterocycles. The number of hydrogen-bond acceptors (Lipinski definition) is 1. The van der Waals surface area contributed by atoms with E-state index in [0.29, 0.717) is 22.6 Å². The molecular weight excluding hydrogens is 397 g/mol. The molecule has 158 valence electrons. The third-order valence-electron chi connectivity index (χ3n) is 5.90. The van der Waals surface area contributed by atoms with Gasteiger partial charge in [0.2, 0.25) is 5.82 Å². The number of allylic oxidation sites excluding steroid dienone is 3. The monoisotopic (exact) mass is 420 g/mol. The molecule has 0 aromatic heterocycles. The summed E-state index contributed by atoms with van der Waals surface area (Å²) in [5, 5.41) is 0. The van der Waals surface area contributed by atoms with Crippen molar-refractivity contribution in [3.63, 3.8) is 0 Å². The molecule has 0 radical (unpaired) electrons. The second-order valence-electron chi connectivity index (χ2n) is 7.71. The van der Waals surface area contributed by atoms with E-state index in [-0.39, 0.29) is 17.1 Å². The molecule has 0 bridgehead atoms. The van der Waals surface area contributed by atoms with Crippen LogP contribution in [0.1, 0.15) is 24.8 Å². The maximum absolute atomic E-state index is 14.9. The normalized spacial score (nSPS) is 16.0. The van der Waals surface area contributed by atoms with Crippen LogP contribution in [0.25, 0.3) is 27.8 Å². The van der Waals surface area contributed by atoms with Gasteiger partial charge in [0, 0.05) is 11.1 Å². The number of ether oxygens (including phenoxy) is 1. The van der Waals surface area contributed by atoms with E-state index in [1.54, 1.807) is 36.4 Å². The molecule has 3 aromatic rings. The third-order valence-corrected chi connectivity index (χ3v) is 5.90. The number of benzene rings is 3. The lowest BCUT2D eigenvalue weighted by Crippen LogP contribution is -2.02. The maximum Gasteiger partial charge on any atom is 0.201 e. The first kappa shape index (κ1) is 21.0. The first-order chi connectivity index (χ1) is 15.0. The standard InChI is InChI=1S/C27H23F3O/c1-3-17-4-6-18(7-5-17)21-12-13-22(24(28)16-21)19-8-10-20(11-9-19)23-14-15-25(31-2)27(30)26(23)29/h3,6,8-17H,1,4-5,7H2,2H3. The Labute approximate surface area is 180 Å². The largest absolute Gasteiger partial charge is 0.494 e. The quantitative estimate of drug-likeness (QED) is 0.382. The minimum Gasteiger partial charge on any atom is -0.494 e. The van der Waals surface area contributed by atoms with Gasteiger partial charge in [-0.3, -0.25) is 0 Å². The van der Waals surface area contributed by atoms with Gasteiger partial charge in [0.25, 0.3) is 0 Å². The van der Waals surface area contributed by atoms with Crippen LogP contribution in [0.15, 0.2) is 73.3 Å². The van der Waals surface area contributed by atoms with Crippen molar-refractivity contribution in [2.75, 3.05) is 7.11 Å². The molecule has 4 heteroatoms. The van der Waals surface area contributed by atoms with Crippen molar-refractivity contribution in [1.29, 1.82) is 0 Å². The Morgan fingerprint density at radius 1 is 0.871 bits per heavy atom. The molecule has 0 N–H and O–H groups in total. The van der Waals surface area contributed by atoms with E-state index in [9.17, 15) is 13.2 Å². The number of rotatable bonds is 5. The van der Waals surface area contributed by atoms with E-state index in [0.717, 1.165) is 30.4 Å². The van der Waals surface area contributed by atoms with E-state index in [1.807, 2.05) is 12.1 Å². The Bertz CT molecular complexity index is 1150. The van der Waals surface area contributed by atoms with Gasteiger partial charge in [0.05, 0.1) is 7.11 Å². The van der Waals surface area contributed by atoms with Crippen LogP contribution in [0, 0.1) is 23.4 Å². The molecule has 0 spiro atoms. The molecule has 1 atom stereocenters. The Balaban J connectivity index is 1.59. The molecule has 0 amide bonds. The van der Waals surface area contributed by atoms with Gasteiger partial charge in [0.15, 0.2) is 11.6 Å². The first-order valence-electron chi connectivity index (χ1n) is 10.3. The Kier molecular flexibility index (Phi) is 5.99. The van der Waals surface area contributed by atoms with Crippen molar-refractivity contribution in [2.24, 2.45) is 5.92 Å². The predicted molar refractivity (Wildman–Crippen MR) is 119 cm³/mol. The fourth-order valence-corrected chi connectivity index (χ4v) is 4.02. The predicted octanol–water partition coefficient (Wildman–Crippen LogP) is 7.82. The van der Waals surface area contributed by atoms with Crippen LogP contribution in [0.4, 0.5) is 13.2 Å². The molecule has 1 unspecified atom stereocenters. The van der Waals surface area contributed by atoms with E-state index >= 15 is 0 Å². The Morgan fingerprint density at radius 3 is 2.10 bits per heavy atom. The first-order valence-corrected chi connectivity index (χ1v) is 10.3. The summed E-state index contributed by atoms with van der Waals surface area (Å²) in [7, 11) is 1.29. The van der Waals surface area contributed by atoms with Crippen LogP contribution in [0.2, 0.25) is 0 Å². The van der Waals surface area contributed by atoms with Crippen LogP contribution < -0.4 is 4.74 Å². The summed E-state index contributed by atoms with van der Waals surface area (Å²) in [6, 6.07) is 14.9. The molecule has 1 nitrogen and oxygen atoms in total. The fourth-order valence-electron chi connectivity index (χ4n) is 4.02. The van der Waals surface area contributed by atoms with Crippen LogP contribution >= 0.6 is 0 Å². The highest BCUT2D eigenvalue weighted by Gasteiger charge is 2.17. The van der Waals surface area contributed by atoms with Gasteiger partial charge in [-0.1, -0.05) is 48.6 Å². The van der Waals surface area contributed by atoms with Crippen molar-refractivity contribution in [3.8, 4) is 28.0 Å². The minimum atomic E-state index is -1.03. The summed E-state index contributed by atoms with van der Waals surface area (Å²) in [5.41, 5.74) is 3.84. The molecule has 0 aliphatic heterocycles. The fraction of sp³-hybridized carbons (Fsp3) is 0.185. The Morgan fingerprint density at radius 2 is 1.52 bits per heavy atom. The van der Waals surface area contributed by atoms with E-state index in [4.69, 9.17) is 4.74 Å². The van der Waals surface area contributed by atoms with Gasteiger partial charge in [-0.25, -0.2) is 8.78 Å². The van der Waals surface area contributed by atoms with Gasteiger partial charge in [0.1, 0.15) is 5.82 Å². The zero-order valence-corrected chi connectivity index (χ0v) is 17.3. The maximum atomic E-state index is 14.9. The molecule has 0 fully saturated rings. The van der Waals surface area contributed by atoms with Crippen molar-refractivity contribution in [1.82, 2.24) is 0 Å². The van der Waals surface area contributed by atoms with E-state index in [1.165, 1.54) is 19.2 Å². The van der Waals surface area contributed by atoms with Crippen LogP contribution in [0.5, 0.6) is 5.75 Å². The molecule has 0 heterocycles. The lowest BCUT2D eigenvalue weighted by Gasteiger charge is -2.19. The topological polar surface area (TPSA) is 9.23 Å². The van der Waals surface area contributed by atoms with Crippen molar-refractivity contribution in [3.05, 3.63) is 96.3 Å². The van der Waals surface area contributed by atoms with Gasteiger partial charge in [-0.15, -0.1) is 6.58 Å². The average Bonchev–Trinajstić information content (AvgIpc) is 2.81. The minimum absolute atomic E-state index is 0.128. The molecule has 31 heavy (non-hydrogen) atoms. The highest BCUT2D eigenvalue weighted by atomic mass is 19.2. The van der Waals surface area contributed by atoms with E-state index in [2.05, 4.69) is 12.7 Å². The highest BCUT2D eigenvalue weighted by Crippen LogP contribution is 2.34. The number of hydrogen-bond donors (Lipinski definition) is 0. The van der Waals surface area contributed by atoms with Crippen molar-refractivity contribution < 1.29 is 17.9 Å². The SMILES string of the molecule is C=CC1CC=C(c2ccc(-c3ccc(-c4ccc(OC)c(F)c4F)cc3)c(F)c2)CC1. The van der Waals surface area contributed by atoms with Gasteiger partial charge in [-0.2, -0.15) is 4.39 Å². The van der Waals surface area contributed by atoms with Gasteiger partial charge in [-0.05, 0) is 65.6 Å². The van der Waals surface area contributed by atoms with Crippen LogP contribution in [-0.2, 0) is 0 Å². The van der Waals surface area contributed by atoms with Crippen molar-refractivity contribution in [2.45, 2.75) is 19.3 Å². The summed E-state index contributed by atoms with van der Waals surface area (Å²) in [6.45, 7) is 3.85. The van der Waals surface area contributed by atoms with Crippen molar-refractivity contribution >= 4 is 5.57 Å². The lowest BCUT2D eigenvalue weighted by atomic mass is 9.86. The van der Waals surface area contributed by atoms with Crippen LogP contribution in [0.3, 0.4) is 0 Å². The second kappa shape index (κ2) is 8.84. The average molecular weight is 420 g/mol. The molecule has 4 rings (SSSR count). The number of halogens is 3.